The van der Waals surface area contributed by atoms with E-state index in [0.29, 0.717) is 0 Å². The van der Waals surface area contributed by atoms with Crippen molar-refractivity contribution in [1.29, 1.82) is 0 Å². The summed E-state index contributed by atoms with van der Waals surface area (Å²) in [6.07, 6.45) is -0.652. The molecule has 0 bridgehead atoms. The molecule has 2 atom stereocenters. The van der Waals surface area contributed by atoms with Gasteiger partial charge in [-0.25, -0.2) is 9.59 Å². The molecule has 5 nitrogen and oxygen atoms in total. The van der Waals surface area contributed by atoms with Gasteiger partial charge in [-0.3, -0.25) is 0 Å². The number of halogens is 1. The molecule has 0 aromatic rings. The molecule has 106 valence electrons. The molecule has 0 rings (SSSR count). The first-order valence-corrected chi connectivity index (χ1v) is 6.30. The summed E-state index contributed by atoms with van der Waals surface area (Å²) in [6, 6.07) is -0.777. The number of alkyl halides is 1. The van der Waals surface area contributed by atoms with Crippen LogP contribution in [0.15, 0.2) is 0 Å². The van der Waals surface area contributed by atoms with E-state index in [0.717, 1.165) is 0 Å². The number of ether oxygens (including phenoxy) is 2. The third-order valence-electron chi connectivity index (χ3n) is 1.87. The SMILES string of the molecule is CC(Cl)OC(=O)[C@@H](NC(=O)OC(C)(C)C)C(C)C. The number of carbonyl (C=O) groups is 2. The zero-order chi connectivity index (χ0) is 14.5. The normalized spacial score (nSPS) is 14.9. The highest BCUT2D eigenvalue weighted by Crippen LogP contribution is 2.10. The lowest BCUT2D eigenvalue weighted by Crippen LogP contribution is -2.47. The number of amides is 1. The minimum Gasteiger partial charge on any atom is -0.445 e. The number of alkyl carbamates (subject to hydrolysis) is 1. The van der Waals surface area contributed by atoms with Gasteiger partial charge < -0.3 is 14.8 Å². The van der Waals surface area contributed by atoms with Crippen LogP contribution in [0.5, 0.6) is 0 Å². The Labute approximate surface area is 113 Å². The van der Waals surface area contributed by atoms with Gasteiger partial charge in [-0.1, -0.05) is 25.4 Å². The minimum absolute atomic E-state index is 0.125. The zero-order valence-electron chi connectivity index (χ0n) is 11.7. The van der Waals surface area contributed by atoms with Gasteiger partial charge in [0.05, 0.1) is 0 Å². The summed E-state index contributed by atoms with van der Waals surface area (Å²) in [5, 5.41) is 2.48. The van der Waals surface area contributed by atoms with Crippen molar-refractivity contribution in [3.8, 4) is 0 Å². The van der Waals surface area contributed by atoms with Crippen molar-refractivity contribution in [3.63, 3.8) is 0 Å². The Morgan fingerprint density at radius 1 is 1.17 bits per heavy atom. The standard InChI is InChI=1S/C12H22ClNO4/c1-7(2)9(10(15)17-8(3)13)14-11(16)18-12(4,5)6/h7-9H,1-6H3,(H,14,16)/t8?,9-/m0/s1. The molecular formula is C12H22ClNO4. The van der Waals surface area contributed by atoms with E-state index in [1.807, 2.05) is 0 Å². The zero-order valence-corrected chi connectivity index (χ0v) is 12.5. The van der Waals surface area contributed by atoms with Crippen LogP contribution in [-0.4, -0.2) is 29.3 Å². The Bertz CT molecular complexity index is 297. The lowest BCUT2D eigenvalue weighted by Gasteiger charge is -2.24. The van der Waals surface area contributed by atoms with Crippen LogP contribution in [0.4, 0.5) is 4.79 Å². The van der Waals surface area contributed by atoms with Gasteiger partial charge in [0.15, 0.2) is 5.56 Å². The van der Waals surface area contributed by atoms with Crippen LogP contribution in [-0.2, 0) is 14.3 Å². The van der Waals surface area contributed by atoms with Crippen LogP contribution in [0.1, 0.15) is 41.5 Å². The number of rotatable bonds is 4. The fourth-order valence-corrected chi connectivity index (χ4v) is 1.25. The van der Waals surface area contributed by atoms with Crippen LogP contribution in [0.25, 0.3) is 0 Å². The predicted molar refractivity (Wildman–Crippen MR) is 69.4 cm³/mol. The molecule has 1 amide bonds. The largest absolute Gasteiger partial charge is 0.445 e. The molecule has 1 N–H and O–H groups in total. The molecular weight excluding hydrogens is 258 g/mol. The number of nitrogens with one attached hydrogen (secondary N) is 1. The molecule has 0 aliphatic heterocycles. The lowest BCUT2D eigenvalue weighted by atomic mass is 10.1. The monoisotopic (exact) mass is 279 g/mol. The summed E-state index contributed by atoms with van der Waals surface area (Å²) in [5.74, 6) is -0.696. The van der Waals surface area contributed by atoms with E-state index in [1.54, 1.807) is 34.6 Å². The topological polar surface area (TPSA) is 64.6 Å². The molecule has 0 saturated heterocycles. The summed E-state index contributed by atoms with van der Waals surface area (Å²) in [6.45, 7) is 10.4. The van der Waals surface area contributed by atoms with Gasteiger partial charge in [-0.2, -0.15) is 0 Å². The molecule has 0 aromatic heterocycles. The predicted octanol–water partition coefficient (Wildman–Crippen LogP) is 2.66. The van der Waals surface area contributed by atoms with Gasteiger partial charge >= 0.3 is 12.1 Å². The highest BCUT2D eigenvalue weighted by Gasteiger charge is 2.28. The maximum Gasteiger partial charge on any atom is 0.408 e. The van der Waals surface area contributed by atoms with Crippen molar-refractivity contribution in [2.75, 3.05) is 0 Å². The number of hydrogen-bond acceptors (Lipinski definition) is 4. The van der Waals surface area contributed by atoms with Gasteiger partial charge in [0.2, 0.25) is 0 Å². The van der Waals surface area contributed by atoms with Crippen molar-refractivity contribution in [1.82, 2.24) is 5.32 Å². The van der Waals surface area contributed by atoms with Crippen molar-refractivity contribution < 1.29 is 19.1 Å². The van der Waals surface area contributed by atoms with Crippen molar-refractivity contribution in [2.45, 2.75) is 58.7 Å². The van der Waals surface area contributed by atoms with E-state index in [2.05, 4.69) is 5.32 Å². The summed E-state index contributed by atoms with van der Waals surface area (Å²) < 4.78 is 9.94. The Balaban J connectivity index is 4.54. The van der Waals surface area contributed by atoms with Gasteiger partial charge in [-0.15, -0.1) is 0 Å². The van der Waals surface area contributed by atoms with E-state index >= 15 is 0 Å². The molecule has 18 heavy (non-hydrogen) atoms. The Morgan fingerprint density at radius 3 is 2.00 bits per heavy atom. The fourth-order valence-electron chi connectivity index (χ4n) is 1.17. The Kier molecular flexibility index (Phi) is 6.46. The summed E-state index contributed by atoms with van der Waals surface area (Å²) in [7, 11) is 0. The molecule has 1 unspecified atom stereocenters. The second-order valence-electron chi connectivity index (χ2n) is 5.35. The molecule has 0 aliphatic carbocycles. The van der Waals surface area contributed by atoms with Gasteiger partial charge in [0, 0.05) is 0 Å². The van der Waals surface area contributed by atoms with Crippen LogP contribution in [0.2, 0.25) is 0 Å². The third kappa shape index (κ3) is 7.37. The smallest absolute Gasteiger partial charge is 0.408 e. The van der Waals surface area contributed by atoms with Crippen LogP contribution >= 0.6 is 11.6 Å². The van der Waals surface area contributed by atoms with Gasteiger partial charge in [0.25, 0.3) is 0 Å². The molecule has 0 heterocycles. The second-order valence-corrected chi connectivity index (χ2v) is 5.96. The van der Waals surface area contributed by atoms with Crippen LogP contribution in [0.3, 0.4) is 0 Å². The minimum atomic E-state index is -0.777. The van der Waals surface area contributed by atoms with E-state index in [9.17, 15) is 9.59 Å². The van der Waals surface area contributed by atoms with Crippen molar-refractivity contribution in [3.05, 3.63) is 0 Å². The number of hydrogen-bond donors (Lipinski definition) is 1. The quantitative estimate of drug-likeness (QED) is 0.635. The van der Waals surface area contributed by atoms with Gasteiger partial charge in [-0.05, 0) is 33.6 Å². The van der Waals surface area contributed by atoms with Crippen LogP contribution in [0, 0.1) is 5.92 Å². The van der Waals surface area contributed by atoms with E-state index in [1.165, 1.54) is 6.92 Å². The highest BCUT2D eigenvalue weighted by molar-refractivity contribution is 6.20. The maximum absolute atomic E-state index is 11.7. The summed E-state index contributed by atoms with van der Waals surface area (Å²) in [5.41, 5.74) is -1.35. The Morgan fingerprint density at radius 2 is 1.67 bits per heavy atom. The molecule has 0 aromatic carbocycles. The molecule has 0 spiro atoms. The Hall–Kier alpha value is -0.970. The second kappa shape index (κ2) is 6.83. The highest BCUT2D eigenvalue weighted by atomic mass is 35.5. The van der Waals surface area contributed by atoms with Gasteiger partial charge in [0.1, 0.15) is 11.6 Å². The van der Waals surface area contributed by atoms with Crippen molar-refractivity contribution in [2.24, 2.45) is 5.92 Å². The van der Waals surface area contributed by atoms with E-state index in [-0.39, 0.29) is 5.92 Å². The molecule has 0 fully saturated rings. The number of carbonyl (C=O) groups excluding carboxylic acids is 2. The maximum atomic E-state index is 11.7. The first kappa shape index (κ1) is 17.0. The molecule has 0 aliphatic rings. The molecule has 0 saturated carbocycles. The van der Waals surface area contributed by atoms with E-state index < -0.39 is 29.3 Å². The summed E-state index contributed by atoms with van der Waals surface area (Å²) >= 11 is 5.58. The summed E-state index contributed by atoms with van der Waals surface area (Å²) in [4.78, 5) is 23.3. The molecule has 6 heteroatoms. The number of esters is 1. The van der Waals surface area contributed by atoms with Crippen molar-refractivity contribution >= 4 is 23.7 Å². The average Bonchev–Trinajstić information content (AvgIpc) is 2.09. The fraction of sp³-hybridized carbons (Fsp3) is 0.833. The lowest BCUT2D eigenvalue weighted by molar-refractivity contribution is -0.148. The first-order chi connectivity index (χ1) is 8.03. The molecule has 0 radical (unpaired) electrons. The average molecular weight is 280 g/mol. The van der Waals surface area contributed by atoms with E-state index in [4.69, 9.17) is 21.1 Å². The van der Waals surface area contributed by atoms with Crippen LogP contribution < -0.4 is 5.32 Å². The first-order valence-electron chi connectivity index (χ1n) is 5.87. The third-order valence-corrected chi connectivity index (χ3v) is 1.96.